The van der Waals surface area contributed by atoms with E-state index in [4.69, 9.17) is 26.1 Å². The molecule has 8 heteroatoms. The lowest BCUT2D eigenvalue weighted by atomic mass is 10.0. The van der Waals surface area contributed by atoms with E-state index in [1.165, 1.54) is 5.56 Å². The number of nitrogens with one attached hydrogen (secondary N) is 1. The second-order valence-electron chi connectivity index (χ2n) is 8.11. The lowest BCUT2D eigenvalue weighted by molar-refractivity contribution is 0.174. The Hall–Kier alpha value is -3.49. The van der Waals surface area contributed by atoms with Crippen LogP contribution >= 0.6 is 24.0 Å². The molecule has 2 aromatic carbocycles. The van der Waals surface area contributed by atoms with Gasteiger partial charge >= 0.3 is 0 Å². The molecule has 4 aromatic rings. The Balaban J connectivity index is 1.38. The number of pyridine rings is 1. The van der Waals surface area contributed by atoms with Crippen molar-refractivity contribution in [3.63, 3.8) is 0 Å². The van der Waals surface area contributed by atoms with Gasteiger partial charge in [-0.1, -0.05) is 35.5 Å². The van der Waals surface area contributed by atoms with Crippen molar-refractivity contribution < 1.29 is 13.9 Å². The second kappa shape index (κ2) is 8.70. The number of fused-ring (bicyclic) bond motifs is 1. The molecule has 0 unspecified atom stereocenters. The molecule has 34 heavy (non-hydrogen) atoms. The Bertz CT molecular complexity index is 1340. The fourth-order valence-electron chi connectivity index (χ4n) is 4.23. The van der Waals surface area contributed by atoms with Crippen LogP contribution in [0.5, 0.6) is 11.5 Å². The molecule has 1 fully saturated rings. The first-order valence-corrected chi connectivity index (χ1v) is 12.1. The molecule has 1 N–H and O–H groups in total. The van der Waals surface area contributed by atoms with E-state index in [1.54, 1.807) is 18.0 Å². The number of hydrogen-bond donors (Lipinski definition) is 1. The summed E-state index contributed by atoms with van der Waals surface area (Å²) in [6.07, 6.45) is 1.79. The van der Waals surface area contributed by atoms with Crippen LogP contribution in [0.15, 0.2) is 93.4 Å². The van der Waals surface area contributed by atoms with E-state index < -0.39 is 0 Å². The number of anilines is 1. The number of aryl methyl sites for hydroxylation is 1. The van der Waals surface area contributed by atoms with Crippen LogP contribution in [0.1, 0.15) is 29.1 Å². The average Bonchev–Trinajstić information content (AvgIpc) is 3.59. The van der Waals surface area contributed by atoms with Gasteiger partial charge in [0, 0.05) is 22.8 Å². The molecular formula is C26H21N3O3S2. The molecule has 0 amide bonds. The topological polar surface area (TPSA) is 59.8 Å². The predicted octanol–water partition coefficient (Wildman–Crippen LogP) is 6.04. The zero-order chi connectivity index (χ0) is 23.1. The van der Waals surface area contributed by atoms with Crippen LogP contribution < -0.4 is 19.7 Å². The minimum absolute atomic E-state index is 0.178. The summed E-state index contributed by atoms with van der Waals surface area (Å²) in [7, 11) is 0. The van der Waals surface area contributed by atoms with Crippen molar-refractivity contribution >= 4 is 34.8 Å². The van der Waals surface area contributed by atoms with Gasteiger partial charge in [-0.2, -0.15) is 0 Å². The van der Waals surface area contributed by atoms with Crippen molar-refractivity contribution in [2.24, 2.45) is 0 Å². The van der Waals surface area contributed by atoms with Gasteiger partial charge in [-0.3, -0.25) is 4.98 Å². The molecule has 0 spiro atoms. The molecule has 170 valence electrons. The van der Waals surface area contributed by atoms with Gasteiger partial charge in [0.1, 0.15) is 11.8 Å². The molecule has 2 aliphatic heterocycles. The number of furan rings is 1. The smallest absolute Gasteiger partial charge is 0.231 e. The highest BCUT2D eigenvalue weighted by molar-refractivity contribution is 7.99. The van der Waals surface area contributed by atoms with Crippen molar-refractivity contribution in [3.8, 4) is 11.5 Å². The Kier molecular flexibility index (Phi) is 5.39. The van der Waals surface area contributed by atoms with Crippen LogP contribution in [0.4, 0.5) is 5.69 Å². The maximum atomic E-state index is 6.38. The Labute approximate surface area is 206 Å². The average molecular weight is 488 g/mol. The molecule has 2 atom stereocenters. The normalized spacial score (nSPS) is 18.9. The van der Waals surface area contributed by atoms with E-state index in [-0.39, 0.29) is 18.9 Å². The van der Waals surface area contributed by atoms with Gasteiger partial charge < -0.3 is 24.1 Å². The van der Waals surface area contributed by atoms with Crippen molar-refractivity contribution in [2.45, 2.75) is 29.0 Å². The summed E-state index contributed by atoms with van der Waals surface area (Å²) >= 11 is 7.39. The Morgan fingerprint density at radius 1 is 1.00 bits per heavy atom. The molecule has 2 aromatic heterocycles. The molecule has 0 radical (unpaired) electrons. The third-order valence-corrected chi connectivity index (χ3v) is 7.11. The van der Waals surface area contributed by atoms with Crippen molar-refractivity contribution in [2.75, 3.05) is 11.7 Å². The second-order valence-corrected chi connectivity index (χ2v) is 9.57. The molecular weight excluding hydrogens is 466 g/mol. The summed E-state index contributed by atoms with van der Waals surface area (Å²) < 4.78 is 17.5. The zero-order valence-electron chi connectivity index (χ0n) is 18.3. The summed E-state index contributed by atoms with van der Waals surface area (Å²) in [5.74, 6) is 2.24. The summed E-state index contributed by atoms with van der Waals surface area (Å²) in [5, 5.41) is 4.88. The molecule has 0 saturated carbocycles. The van der Waals surface area contributed by atoms with Crippen LogP contribution in [0.2, 0.25) is 0 Å². The number of rotatable bonds is 5. The van der Waals surface area contributed by atoms with Crippen LogP contribution in [-0.4, -0.2) is 16.9 Å². The molecule has 6 rings (SSSR count). The molecule has 1 saturated heterocycles. The Morgan fingerprint density at radius 2 is 1.85 bits per heavy atom. The largest absolute Gasteiger partial charge is 0.454 e. The van der Waals surface area contributed by atoms with Gasteiger partial charge in [-0.15, -0.1) is 0 Å². The molecule has 6 nitrogen and oxygen atoms in total. The lowest BCUT2D eigenvalue weighted by Crippen LogP contribution is -2.29. The van der Waals surface area contributed by atoms with Gasteiger partial charge in [-0.05, 0) is 67.7 Å². The first-order valence-electron chi connectivity index (χ1n) is 10.9. The minimum Gasteiger partial charge on any atom is -0.454 e. The maximum absolute atomic E-state index is 6.38. The quantitative estimate of drug-likeness (QED) is 0.342. The highest BCUT2D eigenvalue weighted by Gasteiger charge is 2.43. The summed E-state index contributed by atoms with van der Waals surface area (Å²) in [5.41, 5.74) is 3.02. The van der Waals surface area contributed by atoms with Crippen LogP contribution in [-0.2, 0) is 0 Å². The Morgan fingerprint density at radius 3 is 2.68 bits per heavy atom. The van der Waals surface area contributed by atoms with Gasteiger partial charge in [0.25, 0.3) is 0 Å². The van der Waals surface area contributed by atoms with Gasteiger partial charge in [0.2, 0.25) is 6.79 Å². The van der Waals surface area contributed by atoms with E-state index in [2.05, 4.69) is 46.4 Å². The van der Waals surface area contributed by atoms with Crippen molar-refractivity contribution in [1.29, 1.82) is 0 Å². The van der Waals surface area contributed by atoms with E-state index in [9.17, 15) is 0 Å². The summed E-state index contributed by atoms with van der Waals surface area (Å²) in [6.45, 7) is 2.30. The highest BCUT2D eigenvalue weighted by Crippen LogP contribution is 2.45. The number of benzene rings is 2. The first kappa shape index (κ1) is 21.1. The molecule has 2 aliphatic rings. The van der Waals surface area contributed by atoms with E-state index >= 15 is 0 Å². The predicted molar refractivity (Wildman–Crippen MR) is 135 cm³/mol. The van der Waals surface area contributed by atoms with Gasteiger partial charge in [-0.25, -0.2) is 0 Å². The number of nitrogens with zero attached hydrogens (tertiary/aromatic N) is 2. The number of thiocarbonyl (C=S) groups is 1. The maximum Gasteiger partial charge on any atom is 0.231 e. The zero-order valence-corrected chi connectivity index (χ0v) is 19.9. The van der Waals surface area contributed by atoms with Crippen LogP contribution in [0.3, 0.4) is 0 Å². The number of aromatic nitrogens is 1. The van der Waals surface area contributed by atoms with Crippen molar-refractivity contribution in [1.82, 2.24) is 10.3 Å². The van der Waals surface area contributed by atoms with Crippen LogP contribution in [0.25, 0.3) is 0 Å². The van der Waals surface area contributed by atoms with Crippen molar-refractivity contribution in [3.05, 3.63) is 96.0 Å². The number of ether oxygens (including phenoxy) is 2. The fraction of sp³-hybridized carbons (Fsp3) is 0.154. The first-order chi connectivity index (χ1) is 16.7. The van der Waals surface area contributed by atoms with Gasteiger partial charge in [0.15, 0.2) is 21.7 Å². The lowest BCUT2D eigenvalue weighted by Gasteiger charge is -2.26. The highest BCUT2D eigenvalue weighted by atomic mass is 32.2. The van der Waals surface area contributed by atoms with E-state index in [0.29, 0.717) is 10.9 Å². The summed E-state index contributed by atoms with van der Waals surface area (Å²) in [4.78, 5) is 7.79. The molecule has 0 bridgehead atoms. The SMILES string of the molecule is Cc1ccc(Sc2ccc([C@@H]3[C@H](c4ccccn4)NC(=S)N3c3ccc4c(c3)OCO4)o2)cc1. The third-order valence-electron chi connectivity index (χ3n) is 5.87. The standard InChI is InChI=1S/C26H21N3O3S2/c1-16-5-8-18(9-6-16)34-23-12-11-21(32-23)25-24(19-4-2-3-13-27-19)28-26(33)29(25)17-7-10-20-22(14-17)31-15-30-20/h2-14,24-25H,15H2,1H3,(H,28,33)/t24-,25+/m0/s1. The van der Waals surface area contributed by atoms with Gasteiger partial charge in [0.05, 0.1) is 11.7 Å². The van der Waals surface area contributed by atoms with Crippen LogP contribution in [0, 0.1) is 6.92 Å². The van der Waals surface area contributed by atoms with E-state index in [0.717, 1.165) is 32.9 Å². The summed E-state index contributed by atoms with van der Waals surface area (Å²) in [6, 6.07) is 23.8. The number of hydrogen-bond acceptors (Lipinski definition) is 6. The molecule has 4 heterocycles. The molecule has 0 aliphatic carbocycles. The third kappa shape index (κ3) is 3.89. The fourth-order valence-corrected chi connectivity index (χ4v) is 5.35. The monoisotopic (exact) mass is 487 g/mol. The van der Waals surface area contributed by atoms with E-state index in [1.807, 2.05) is 48.5 Å². The minimum atomic E-state index is -0.227.